The van der Waals surface area contributed by atoms with E-state index >= 15 is 0 Å². The van der Waals surface area contributed by atoms with Crippen LogP contribution in [0.5, 0.6) is 0 Å². The van der Waals surface area contributed by atoms with Crippen LogP contribution in [0, 0.1) is 18.7 Å². The van der Waals surface area contributed by atoms with E-state index in [0.29, 0.717) is 18.4 Å². The van der Waals surface area contributed by atoms with Gasteiger partial charge in [0.15, 0.2) is 0 Å². The standard InChI is InChI=1S/C24H23FN2O2S/c1-16-8-10-18(11-9-16)27-22(28)13-12-19(23(27)21-7-4-14-30-21)24(29)26-15-17-5-2-3-6-20(17)25/h2-11,14,19,23H,12-13,15H2,1H3,(H,26,29). The first-order valence-corrected chi connectivity index (χ1v) is 10.9. The zero-order chi connectivity index (χ0) is 21.1. The summed E-state index contributed by atoms with van der Waals surface area (Å²) in [7, 11) is 0. The first kappa shape index (κ1) is 20.3. The summed E-state index contributed by atoms with van der Waals surface area (Å²) in [5, 5.41) is 4.84. The lowest BCUT2D eigenvalue weighted by molar-refractivity contribution is -0.129. The molecule has 3 aromatic rings. The number of carbonyl (C=O) groups excluding carboxylic acids is 2. The van der Waals surface area contributed by atoms with Crippen molar-refractivity contribution in [1.82, 2.24) is 5.32 Å². The first-order valence-electron chi connectivity index (χ1n) is 9.98. The van der Waals surface area contributed by atoms with Gasteiger partial charge < -0.3 is 10.2 Å². The average Bonchev–Trinajstić information content (AvgIpc) is 3.28. The number of rotatable bonds is 5. The summed E-state index contributed by atoms with van der Waals surface area (Å²) < 4.78 is 13.9. The van der Waals surface area contributed by atoms with Gasteiger partial charge in [-0.05, 0) is 43.0 Å². The van der Waals surface area contributed by atoms with Gasteiger partial charge in [-0.3, -0.25) is 9.59 Å². The van der Waals surface area contributed by atoms with Gasteiger partial charge in [-0.2, -0.15) is 0 Å². The molecule has 0 aliphatic carbocycles. The van der Waals surface area contributed by atoms with E-state index in [1.807, 2.05) is 48.7 Å². The predicted octanol–water partition coefficient (Wildman–Crippen LogP) is 5.00. The molecule has 2 aromatic carbocycles. The highest BCUT2D eigenvalue weighted by atomic mass is 32.1. The fraction of sp³-hybridized carbons (Fsp3) is 0.250. The Kier molecular flexibility index (Phi) is 5.95. The van der Waals surface area contributed by atoms with Crippen molar-refractivity contribution in [2.75, 3.05) is 4.90 Å². The molecule has 1 N–H and O–H groups in total. The molecule has 1 aromatic heterocycles. The fourth-order valence-electron chi connectivity index (χ4n) is 3.92. The summed E-state index contributed by atoms with van der Waals surface area (Å²) in [6.45, 7) is 2.12. The van der Waals surface area contributed by atoms with E-state index in [9.17, 15) is 14.0 Å². The van der Waals surface area contributed by atoms with Crippen LogP contribution < -0.4 is 10.2 Å². The lowest BCUT2D eigenvalue weighted by Gasteiger charge is -2.40. The zero-order valence-electron chi connectivity index (χ0n) is 16.7. The minimum absolute atomic E-state index is 0.00964. The number of hydrogen-bond acceptors (Lipinski definition) is 3. The highest BCUT2D eigenvalue weighted by Gasteiger charge is 2.41. The summed E-state index contributed by atoms with van der Waals surface area (Å²) in [5.74, 6) is -0.904. The summed E-state index contributed by atoms with van der Waals surface area (Å²) in [6, 6.07) is 17.7. The second-order valence-electron chi connectivity index (χ2n) is 7.51. The molecule has 30 heavy (non-hydrogen) atoms. The molecule has 4 rings (SSSR count). The average molecular weight is 423 g/mol. The van der Waals surface area contributed by atoms with Gasteiger partial charge in [0.05, 0.1) is 12.0 Å². The molecule has 1 aliphatic heterocycles. The molecular weight excluding hydrogens is 399 g/mol. The number of benzene rings is 2. The molecule has 2 amide bonds. The van der Waals surface area contributed by atoms with Crippen LogP contribution in [0.1, 0.15) is 34.9 Å². The quantitative estimate of drug-likeness (QED) is 0.629. The molecule has 1 fully saturated rings. The summed E-state index contributed by atoms with van der Waals surface area (Å²) in [6.07, 6.45) is 0.764. The van der Waals surface area contributed by atoms with Crippen LogP contribution in [0.4, 0.5) is 10.1 Å². The fourth-order valence-corrected chi connectivity index (χ4v) is 4.80. The Morgan fingerprint density at radius 1 is 1.13 bits per heavy atom. The third-order valence-electron chi connectivity index (χ3n) is 5.49. The topological polar surface area (TPSA) is 49.4 Å². The van der Waals surface area contributed by atoms with E-state index in [1.165, 1.54) is 17.4 Å². The maximum absolute atomic E-state index is 13.9. The molecule has 2 unspecified atom stereocenters. The van der Waals surface area contributed by atoms with Crippen LogP contribution in [-0.2, 0) is 16.1 Å². The molecule has 0 bridgehead atoms. The van der Waals surface area contributed by atoms with Gasteiger partial charge in [0, 0.05) is 29.1 Å². The van der Waals surface area contributed by atoms with Crippen molar-refractivity contribution in [2.45, 2.75) is 32.4 Å². The van der Waals surface area contributed by atoms with Gasteiger partial charge in [0.1, 0.15) is 5.82 Å². The molecule has 1 saturated heterocycles. The van der Waals surface area contributed by atoms with Crippen LogP contribution in [0.2, 0.25) is 0 Å². The number of thiophene rings is 1. The van der Waals surface area contributed by atoms with E-state index in [2.05, 4.69) is 5.32 Å². The molecule has 4 nitrogen and oxygen atoms in total. The number of nitrogens with zero attached hydrogens (tertiary/aromatic N) is 1. The maximum Gasteiger partial charge on any atom is 0.227 e. The minimum atomic E-state index is -0.408. The van der Waals surface area contributed by atoms with Crippen molar-refractivity contribution in [1.29, 1.82) is 0 Å². The highest BCUT2D eigenvalue weighted by molar-refractivity contribution is 7.10. The predicted molar refractivity (Wildman–Crippen MR) is 117 cm³/mol. The number of carbonyl (C=O) groups is 2. The summed E-state index contributed by atoms with van der Waals surface area (Å²) in [5.41, 5.74) is 2.34. The Morgan fingerprint density at radius 2 is 1.90 bits per heavy atom. The van der Waals surface area contributed by atoms with Crippen LogP contribution in [0.15, 0.2) is 66.0 Å². The molecule has 2 atom stereocenters. The normalized spacial score (nSPS) is 19.0. The second-order valence-corrected chi connectivity index (χ2v) is 8.49. The number of anilines is 1. The van der Waals surface area contributed by atoms with E-state index in [-0.39, 0.29) is 30.2 Å². The Bertz CT molecular complexity index is 1030. The molecule has 154 valence electrons. The van der Waals surface area contributed by atoms with Gasteiger partial charge in [0.2, 0.25) is 11.8 Å². The molecule has 0 spiro atoms. The number of aryl methyl sites for hydroxylation is 1. The Morgan fingerprint density at radius 3 is 2.60 bits per heavy atom. The van der Waals surface area contributed by atoms with Crippen molar-refractivity contribution in [3.05, 3.63) is 87.9 Å². The molecule has 2 heterocycles. The number of halogens is 1. The van der Waals surface area contributed by atoms with Crippen LogP contribution in [0.3, 0.4) is 0 Å². The van der Waals surface area contributed by atoms with Crippen molar-refractivity contribution in [2.24, 2.45) is 5.92 Å². The third-order valence-corrected chi connectivity index (χ3v) is 6.43. The van der Waals surface area contributed by atoms with Crippen LogP contribution in [0.25, 0.3) is 0 Å². The molecule has 6 heteroatoms. The van der Waals surface area contributed by atoms with Crippen molar-refractivity contribution >= 4 is 28.8 Å². The first-order chi connectivity index (χ1) is 14.5. The monoisotopic (exact) mass is 422 g/mol. The third kappa shape index (κ3) is 4.14. The van der Waals surface area contributed by atoms with E-state index in [4.69, 9.17) is 0 Å². The summed E-state index contributed by atoms with van der Waals surface area (Å²) in [4.78, 5) is 28.8. The lowest BCUT2D eigenvalue weighted by atomic mass is 9.86. The Labute approximate surface area is 179 Å². The zero-order valence-corrected chi connectivity index (χ0v) is 17.5. The highest BCUT2D eigenvalue weighted by Crippen LogP contribution is 2.41. The maximum atomic E-state index is 13.9. The van der Waals surface area contributed by atoms with Gasteiger partial charge in [-0.15, -0.1) is 11.3 Å². The van der Waals surface area contributed by atoms with Gasteiger partial charge in [-0.1, -0.05) is 42.0 Å². The number of amides is 2. The number of hydrogen-bond donors (Lipinski definition) is 1. The minimum Gasteiger partial charge on any atom is -0.352 e. The molecular formula is C24H23FN2O2S. The van der Waals surface area contributed by atoms with Gasteiger partial charge in [0.25, 0.3) is 0 Å². The van der Waals surface area contributed by atoms with Gasteiger partial charge >= 0.3 is 0 Å². The second kappa shape index (κ2) is 8.79. The van der Waals surface area contributed by atoms with E-state index in [0.717, 1.165) is 16.1 Å². The molecule has 1 aliphatic rings. The van der Waals surface area contributed by atoms with Crippen molar-refractivity contribution < 1.29 is 14.0 Å². The smallest absolute Gasteiger partial charge is 0.227 e. The molecule has 0 saturated carbocycles. The number of piperidine rings is 1. The van der Waals surface area contributed by atoms with Gasteiger partial charge in [-0.25, -0.2) is 4.39 Å². The Hall–Kier alpha value is -2.99. The largest absolute Gasteiger partial charge is 0.352 e. The lowest BCUT2D eigenvalue weighted by Crippen LogP contribution is -2.48. The van der Waals surface area contributed by atoms with Crippen molar-refractivity contribution in [3.8, 4) is 0 Å². The summed E-state index contributed by atoms with van der Waals surface area (Å²) >= 11 is 1.54. The Balaban J connectivity index is 1.62. The van der Waals surface area contributed by atoms with E-state index < -0.39 is 5.92 Å². The van der Waals surface area contributed by atoms with Crippen LogP contribution in [-0.4, -0.2) is 11.8 Å². The van der Waals surface area contributed by atoms with Crippen molar-refractivity contribution in [3.63, 3.8) is 0 Å². The molecule has 0 radical (unpaired) electrons. The SMILES string of the molecule is Cc1ccc(N2C(=O)CCC(C(=O)NCc3ccccc3F)C2c2cccs2)cc1. The van der Waals surface area contributed by atoms with E-state index in [1.54, 1.807) is 23.1 Å². The number of nitrogens with one attached hydrogen (secondary N) is 1. The van der Waals surface area contributed by atoms with Crippen LogP contribution >= 0.6 is 11.3 Å².